The first-order valence-electron chi connectivity index (χ1n) is 11.5. The van der Waals surface area contributed by atoms with Gasteiger partial charge in [0, 0.05) is 45.4 Å². The van der Waals surface area contributed by atoms with E-state index in [-0.39, 0.29) is 29.2 Å². The quantitative estimate of drug-likeness (QED) is 0.209. The predicted molar refractivity (Wildman–Crippen MR) is 137 cm³/mol. The molecule has 188 valence electrons. The fourth-order valence-electron chi connectivity index (χ4n) is 2.81. The van der Waals surface area contributed by atoms with Crippen LogP contribution in [0.5, 0.6) is 0 Å². The lowest BCUT2D eigenvalue weighted by Crippen LogP contribution is -2.31. The highest BCUT2D eigenvalue weighted by atomic mass is 16.2. The van der Waals surface area contributed by atoms with Gasteiger partial charge in [0.05, 0.1) is 0 Å². The van der Waals surface area contributed by atoms with Gasteiger partial charge in [-0.1, -0.05) is 32.9 Å². The molecule has 7 nitrogen and oxygen atoms in total. The van der Waals surface area contributed by atoms with Gasteiger partial charge in [0.25, 0.3) is 0 Å². The van der Waals surface area contributed by atoms with Crippen molar-refractivity contribution < 1.29 is 24.0 Å². The van der Waals surface area contributed by atoms with Crippen LogP contribution in [0.2, 0.25) is 0 Å². The summed E-state index contributed by atoms with van der Waals surface area (Å²) >= 11 is 0. The third kappa shape index (κ3) is 17.2. The van der Waals surface area contributed by atoms with Gasteiger partial charge in [-0.25, -0.2) is 0 Å². The first-order valence-corrected chi connectivity index (χ1v) is 11.5. The molecular formula is C27H40N2O5. The lowest BCUT2D eigenvalue weighted by atomic mass is 10.1. The third-order valence-corrected chi connectivity index (χ3v) is 4.84. The van der Waals surface area contributed by atoms with Crippen molar-refractivity contribution in [1.29, 1.82) is 0 Å². The van der Waals surface area contributed by atoms with Crippen LogP contribution in [0.1, 0.15) is 51.9 Å². The summed E-state index contributed by atoms with van der Waals surface area (Å²) in [7, 11) is 0. The molecule has 0 heterocycles. The van der Waals surface area contributed by atoms with Crippen LogP contribution in [0, 0.1) is 0 Å². The Morgan fingerprint density at radius 3 is 1.24 bits per heavy atom. The molecule has 2 amide bonds. The maximum atomic E-state index is 11.6. The van der Waals surface area contributed by atoms with E-state index in [4.69, 9.17) is 0 Å². The van der Waals surface area contributed by atoms with E-state index >= 15 is 0 Å². The zero-order valence-electron chi connectivity index (χ0n) is 20.6. The summed E-state index contributed by atoms with van der Waals surface area (Å²) in [5.41, 5.74) is 0. The molecule has 7 heteroatoms. The Bertz CT molecular complexity index is 713. The van der Waals surface area contributed by atoms with Crippen molar-refractivity contribution in [2.24, 2.45) is 0 Å². The van der Waals surface area contributed by atoms with Gasteiger partial charge in [-0.15, -0.1) is 0 Å². The summed E-state index contributed by atoms with van der Waals surface area (Å²) < 4.78 is 0. The molecular weight excluding hydrogens is 432 g/mol. The van der Waals surface area contributed by atoms with Gasteiger partial charge in [-0.3, -0.25) is 24.0 Å². The second-order valence-electron chi connectivity index (χ2n) is 7.33. The number of hydrogen-bond acceptors (Lipinski definition) is 5. The van der Waals surface area contributed by atoms with Crippen molar-refractivity contribution >= 4 is 29.2 Å². The fraction of sp³-hybridized carbons (Fsp3) is 0.444. The maximum absolute atomic E-state index is 11.6. The van der Waals surface area contributed by atoms with E-state index in [1.54, 1.807) is 9.80 Å². The van der Waals surface area contributed by atoms with Crippen LogP contribution in [0.3, 0.4) is 0 Å². The van der Waals surface area contributed by atoms with Crippen LogP contribution in [-0.2, 0) is 24.0 Å². The van der Waals surface area contributed by atoms with Crippen molar-refractivity contribution in [1.82, 2.24) is 9.80 Å². The van der Waals surface area contributed by atoms with Crippen LogP contribution in [0.15, 0.2) is 63.3 Å². The van der Waals surface area contributed by atoms with Crippen molar-refractivity contribution in [3.8, 4) is 0 Å². The number of amides is 2. The Balaban J connectivity index is 0. The van der Waals surface area contributed by atoms with E-state index in [0.29, 0.717) is 58.3 Å². The average molecular weight is 473 g/mol. The third-order valence-electron chi connectivity index (χ3n) is 4.84. The fourth-order valence-corrected chi connectivity index (χ4v) is 2.81. The van der Waals surface area contributed by atoms with Crippen molar-refractivity contribution in [2.45, 2.75) is 51.9 Å². The highest BCUT2D eigenvalue weighted by Gasteiger charge is 2.11. The molecule has 0 saturated carbocycles. The zero-order valence-corrected chi connectivity index (χ0v) is 20.6. The summed E-state index contributed by atoms with van der Waals surface area (Å²) in [5.74, 6) is -0.238. The predicted octanol–water partition coefficient (Wildman–Crippen LogP) is 4.02. The minimum atomic E-state index is -0.183. The standard InChI is InChI=1S/C15H21NO3.C12H19NO2/c1-4-13(17)9-7-11-16(15(19)6-3)12-8-10-14(18)5-2;1-4-11(14)9-7-8-10-13(6-3)12(15)5-2/h4-6H,1-3,7-12H2;4-5H,1-2,6-10H2,3H3. The van der Waals surface area contributed by atoms with E-state index in [1.807, 2.05) is 6.92 Å². The van der Waals surface area contributed by atoms with E-state index in [2.05, 4.69) is 32.9 Å². The van der Waals surface area contributed by atoms with Crippen LogP contribution in [0.25, 0.3) is 0 Å². The molecule has 0 aromatic rings. The van der Waals surface area contributed by atoms with Gasteiger partial charge in [0.2, 0.25) is 11.8 Å². The van der Waals surface area contributed by atoms with Gasteiger partial charge in [0.15, 0.2) is 17.3 Å². The Morgan fingerprint density at radius 1 is 0.529 bits per heavy atom. The number of ketones is 3. The minimum absolute atomic E-state index is 0.0344. The summed E-state index contributed by atoms with van der Waals surface area (Å²) in [6.07, 6.45) is 10.5. The average Bonchev–Trinajstić information content (AvgIpc) is 2.86. The molecule has 0 unspecified atom stereocenters. The number of allylic oxidation sites excluding steroid dienone is 3. The normalized spacial score (nSPS) is 9.44. The smallest absolute Gasteiger partial charge is 0.245 e. The number of carbonyl (C=O) groups is 5. The molecule has 34 heavy (non-hydrogen) atoms. The molecule has 0 aromatic carbocycles. The topological polar surface area (TPSA) is 91.8 Å². The zero-order chi connectivity index (χ0) is 26.4. The monoisotopic (exact) mass is 472 g/mol. The van der Waals surface area contributed by atoms with Crippen molar-refractivity contribution in [3.63, 3.8) is 0 Å². The van der Waals surface area contributed by atoms with Gasteiger partial charge < -0.3 is 9.80 Å². The lowest BCUT2D eigenvalue weighted by Gasteiger charge is -2.20. The molecule has 0 aliphatic heterocycles. The van der Waals surface area contributed by atoms with Crippen LogP contribution < -0.4 is 0 Å². The highest BCUT2D eigenvalue weighted by molar-refractivity contribution is 5.90. The van der Waals surface area contributed by atoms with Gasteiger partial charge in [-0.2, -0.15) is 0 Å². The largest absolute Gasteiger partial charge is 0.339 e. The molecule has 0 atom stereocenters. The first kappa shape index (κ1) is 32.8. The SMILES string of the molecule is C=CC(=O)CCCCN(CC)C(=O)C=C.C=CC(=O)CCCN(CCCC(=O)C=C)C(=O)C=C. The van der Waals surface area contributed by atoms with Gasteiger partial charge in [0.1, 0.15) is 0 Å². The summed E-state index contributed by atoms with van der Waals surface area (Å²) in [5, 5.41) is 0. The van der Waals surface area contributed by atoms with Crippen LogP contribution in [0.4, 0.5) is 0 Å². The Labute approximate surface area is 204 Å². The number of hydrogen-bond donors (Lipinski definition) is 0. The number of likely N-dealkylation sites (N-methyl/N-ethyl adjacent to an activating group) is 1. The molecule has 0 saturated heterocycles. The van der Waals surface area contributed by atoms with Crippen LogP contribution in [-0.4, -0.2) is 65.1 Å². The Kier molecular flexibility index (Phi) is 20.8. The number of nitrogens with zero attached hydrogens (tertiary/aromatic N) is 2. The lowest BCUT2D eigenvalue weighted by molar-refractivity contribution is -0.127. The van der Waals surface area contributed by atoms with Gasteiger partial charge in [-0.05, 0) is 63.0 Å². The molecule has 0 radical (unpaired) electrons. The van der Waals surface area contributed by atoms with Crippen LogP contribution >= 0.6 is 0 Å². The number of rotatable bonds is 19. The van der Waals surface area contributed by atoms with Crippen molar-refractivity contribution in [3.05, 3.63) is 63.3 Å². The van der Waals surface area contributed by atoms with E-state index in [0.717, 1.165) is 12.8 Å². The van der Waals surface area contributed by atoms with Gasteiger partial charge >= 0.3 is 0 Å². The second kappa shape index (κ2) is 21.5. The molecule has 0 aromatic heterocycles. The van der Waals surface area contributed by atoms with E-state index in [9.17, 15) is 24.0 Å². The molecule has 0 N–H and O–H groups in total. The first-order chi connectivity index (χ1) is 16.2. The molecule has 0 spiro atoms. The Hall–Kier alpha value is -3.35. The molecule has 0 aliphatic carbocycles. The molecule has 0 aliphatic rings. The summed E-state index contributed by atoms with van der Waals surface area (Å²) in [4.78, 5) is 59.2. The molecule has 0 bridgehead atoms. The maximum Gasteiger partial charge on any atom is 0.245 e. The number of unbranched alkanes of at least 4 members (excludes halogenated alkanes) is 1. The molecule has 0 rings (SSSR count). The highest BCUT2D eigenvalue weighted by Crippen LogP contribution is 2.03. The molecule has 0 fully saturated rings. The van der Waals surface area contributed by atoms with Crippen molar-refractivity contribution in [2.75, 3.05) is 26.2 Å². The Morgan fingerprint density at radius 2 is 0.882 bits per heavy atom. The second-order valence-corrected chi connectivity index (χ2v) is 7.33. The van der Waals surface area contributed by atoms with E-state index in [1.165, 1.54) is 30.4 Å². The minimum Gasteiger partial charge on any atom is -0.339 e. The summed E-state index contributed by atoms with van der Waals surface area (Å²) in [6.45, 7) is 21.3. The van der Waals surface area contributed by atoms with E-state index < -0.39 is 0 Å². The summed E-state index contributed by atoms with van der Waals surface area (Å²) in [6, 6.07) is 0. The number of carbonyl (C=O) groups excluding carboxylic acids is 5.